The number of carboxylic acid groups (broad SMARTS) is 1. The number of alkyl halides is 3. The van der Waals surface area contributed by atoms with Gasteiger partial charge in [0, 0.05) is 12.0 Å². The second kappa shape index (κ2) is 8.89. The van der Waals surface area contributed by atoms with Crippen LogP contribution in [0.1, 0.15) is 17.0 Å². The number of oxazole rings is 1. The van der Waals surface area contributed by atoms with E-state index < -0.39 is 12.3 Å². The summed E-state index contributed by atoms with van der Waals surface area (Å²) in [5.74, 6) is 0.160. The smallest absolute Gasteiger partial charge is 0.493 e. The maximum absolute atomic E-state index is 12.2. The van der Waals surface area contributed by atoms with Gasteiger partial charge in [0.2, 0.25) is 5.89 Å². The average Bonchev–Trinajstić information content (AvgIpc) is 3.02. The Kier molecular flexibility index (Phi) is 6.29. The third kappa shape index (κ3) is 6.00. The molecule has 30 heavy (non-hydrogen) atoms. The van der Waals surface area contributed by atoms with E-state index in [-0.39, 0.29) is 18.1 Å². The first-order valence-electron chi connectivity index (χ1n) is 8.95. The molecule has 158 valence electrons. The third-order valence-corrected chi connectivity index (χ3v) is 4.09. The van der Waals surface area contributed by atoms with Crippen molar-refractivity contribution in [3.63, 3.8) is 0 Å². The van der Waals surface area contributed by atoms with Crippen molar-refractivity contribution in [2.24, 2.45) is 0 Å². The summed E-state index contributed by atoms with van der Waals surface area (Å²) < 4.78 is 51.9. The van der Waals surface area contributed by atoms with Crippen molar-refractivity contribution in [2.45, 2.75) is 26.1 Å². The molecule has 0 saturated carbocycles. The zero-order chi connectivity index (χ0) is 21.7. The van der Waals surface area contributed by atoms with Gasteiger partial charge < -0.3 is 19.0 Å². The van der Waals surface area contributed by atoms with Crippen LogP contribution in [0.2, 0.25) is 0 Å². The van der Waals surface area contributed by atoms with E-state index in [0.29, 0.717) is 41.4 Å². The molecule has 0 atom stereocenters. The molecule has 1 aromatic heterocycles. The van der Waals surface area contributed by atoms with E-state index in [1.54, 1.807) is 31.2 Å². The average molecular weight is 421 g/mol. The molecule has 0 spiro atoms. The highest BCUT2D eigenvalue weighted by molar-refractivity contribution is 5.70. The summed E-state index contributed by atoms with van der Waals surface area (Å²) >= 11 is 0. The minimum atomic E-state index is -4.75. The van der Waals surface area contributed by atoms with Crippen molar-refractivity contribution in [3.8, 4) is 23.0 Å². The van der Waals surface area contributed by atoms with Gasteiger partial charge in [-0.2, -0.15) is 0 Å². The largest absolute Gasteiger partial charge is 0.573 e. The molecule has 0 aliphatic rings. The van der Waals surface area contributed by atoms with Crippen LogP contribution in [0.3, 0.4) is 0 Å². The van der Waals surface area contributed by atoms with Gasteiger partial charge in [-0.05, 0) is 48.9 Å². The molecular formula is C21H18F3NO5. The number of carboxylic acids is 1. The van der Waals surface area contributed by atoms with E-state index in [1.165, 1.54) is 24.3 Å². The predicted octanol–water partition coefficient (Wildman–Crippen LogP) is 4.80. The number of carbonyl (C=O) groups is 1. The van der Waals surface area contributed by atoms with E-state index >= 15 is 0 Å². The zero-order valence-electron chi connectivity index (χ0n) is 15.9. The number of rotatable bonds is 8. The van der Waals surface area contributed by atoms with Crippen LogP contribution in [-0.2, 0) is 17.6 Å². The Morgan fingerprint density at radius 1 is 1.13 bits per heavy atom. The van der Waals surface area contributed by atoms with Crippen LogP contribution >= 0.6 is 0 Å². The second-order valence-electron chi connectivity index (χ2n) is 6.41. The van der Waals surface area contributed by atoms with E-state index in [9.17, 15) is 18.0 Å². The lowest BCUT2D eigenvalue weighted by Crippen LogP contribution is -2.16. The molecule has 0 unspecified atom stereocenters. The second-order valence-corrected chi connectivity index (χ2v) is 6.41. The molecule has 3 rings (SSSR count). The summed E-state index contributed by atoms with van der Waals surface area (Å²) in [6.45, 7) is 2.03. The lowest BCUT2D eigenvalue weighted by Gasteiger charge is -2.08. The Morgan fingerprint density at radius 2 is 1.87 bits per heavy atom. The molecule has 0 aliphatic carbocycles. The van der Waals surface area contributed by atoms with Crippen molar-refractivity contribution in [1.82, 2.24) is 4.98 Å². The van der Waals surface area contributed by atoms with Gasteiger partial charge in [0.25, 0.3) is 0 Å². The Labute approximate surface area is 169 Å². The van der Waals surface area contributed by atoms with Crippen LogP contribution in [-0.4, -0.2) is 29.0 Å². The molecule has 0 radical (unpaired) electrons. The van der Waals surface area contributed by atoms with Gasteiger partial charge in [-0.25, -0.2) is 4.98 Å². The number of halogens is 3. The third-order valence-electron chi connectivity index (χ3n) is 4.09. The van der Waals surface area contributed by atoms with Crippen molar-refractivity contribution in [3.05, 3.63) is 65.5 Å². The van der Waals surface area contributed by atoms with E-state index in [2.05, 4.69) is 9.72 Å². The van der Waals surface area contributed by atoms with Crippen LogP contribution in [0.5, 0.6) is 11.5 Å². The van der Waals surface area contributed by atoms with Crippen molar-refractivity contribution < 1.29 is 37.0 Å². The molecule has 0 saturated heterocycles. The maximum atomic E-state index is 12.2. The SMILES string of the molecule is Cc1oc(-c2ccc(OC(F)(F)F)cc2)nc1CCOc1cccc(CC(=O)O)c1. The first kappa shape index (κ1) is 21.2. The molecule has 0 aliphatic heterocycles. The Bertz CT molecular complexity index is 1010. The molecule has 0 fully saturated rings. The normalized spacial score (nSPS) is 11.3. The zero-order valence-corrected chi connectivity index (χ0v) is 15.9. The lowest BCUT2D eigenvalue weighted by molar-refractivity contribution is -0.274. The number of aryl methyl sites for hydroxylation is 1. The summed E-state index contributed by atoms with van der Waals surface area (Å²) in [7, 11) is 0. The first-order chi connectivity index (χ1) is 14.2. The van der Waals surface area contributed by atoms with Crippen LogP contribution in [0.4, 0.5) is 13.2 Å². The van der Waals surface area contributed by atoms with Crippen molar-refractivity contribution >= 4 is 5.97 Å². The van der Waals surface area contributed by atoms with E-state index in [1.807, 2.05) is 0 Å². The Morgan fingerprint density at radius 3 is 2.53 bits per heavy atom. The first-order valence-corrected chi connectivity index (χ1v) is 8.95. The van der Waals surface area contributed by atoms with Gasteiger partial charge in [0.05, 0.1) is 18.7 Å². The number of ether oxygens (including phenoxy) is 2. The minimum Gasteiger partial charge on any atom is -0.493 e. The molecular weight excluding hydrogens is 403 g/mol. The molecule has 1 heterocycles. The monoisotopic (exact) mass is 421 g/mol. The highest BCUT2D eigenvalue weighted by Gasteiger charge is 2.31. The number of aliphatic carboxylic acids is 1. The molecule has 1 N–H and O–H groups in total. The summed E-state index contributed by atoms with van der Waals surface area (Å²) in [5.41, 5.74) is 1.81. The highest BCUT2D eigenvalue weighted by atomic mass is 19.4. The quantitative estimate of drug-likeness (QED) is 0.563. The topological polar surface area (TPSA) is 81.8 Å². The summed E-state index contributed by atoms with van der Waals surface area (Å²) in [6.07, 6.45) is -4.40. The summed E-state index contributed by atoms with van der Waals surface area (Å²) in [6, 6.07) is 12.1. The fourth-order valence-corrected chi connectivity index (χ4v) is 2.77. The van der Waals surface area contributed by atoms with Gasteiger partial charge in [-0.3, -0.25) is 4.79 Å². The van der Waals surface area contributed by atoms with Crippen LogP contribution in [0.25, 0.3) is 11.5 Å². The van der Waals surface area contributed by atoms with Crippen LogP contribution in [0.15, 0.2) is 52.9 Å². The van der Waals surface area contributed by atoms with Gasteiger partial charge in [-0.15, -0.1) is 13.2 Å². The fraction of sp³-hybridized carbons (Fsp3) is 0.238. The van der Waals surface area contributed by atoms with E-state index in [0.717, 1.165) is 0 Å². The number of aromatic nitrogens is 1. The number of hydrogen-bond acceptors (Lipinski definition) is 5. The van der Waals surface area contributed by atoms with E-state index in [4.69, 9.17) is 14.3 Å². The van der Waals surface area contributed by atoms with Gasteiger partial charge >= 0.3 is 12.3 Å². The fourth-order valence-electron chi connectivity index (χ4n) is 2.77. The molecule has 0 bridgehead atoms. The number of nitrogens with zero attached hydrogens (tertiary/aromatic N) is 1. The maximum Gasteiger partial charge on any atom is 0.573 e. The summed E-state index contributed by atoms with van der Waals surface area (Å²) in [4.78, 5) is 15.2. The molecule has 9 heteroatoms. The molecule has 6 nitrogen and oxygen atoms in total. The molecule has 3 aromatic rings. The minimum absolute atomic E-state index is 0.0875. The van der Waals surface area contributed by atoms with Crippen LogP contribution < -0.4 is 9.47 Å². The van der Waals surface area contributed by atoms with Gasteiger partial charge in [0.15, 0.2) is 0 Å². The van der Waals surface area contributed by atoms with Crippen molar-refractivity contribution in [2.75, 3.05) is 6.61 Å². The highest BCUT2D eigenvalue weighted by Crippen LogP contribution is 2.27. The molecule has 2 aromatic carbocycles. The number of benzene rings is 2. The lowest BCUT2D eigenvalue weighted by atomic mass is 10.1. The van der Waals surface area contributed by atoms with Gasteiger partial charge in [0.1, 0.15) is 17.3 Å². The summed E-state index contributed by atoms with van der Waals surface area (Å²) in [5, 5.41) is 8.86. The predicted molar refractivity (Wildman–Crippen MR) is 100 cm³/mol. The number of hydrogen-bond donors (Lipinski definition) is 1. The van der Waals surface area contributed by atoms with Crippen LogP contribution in [0, 0.1) is 6.92 Å². The Balaban J connectivity index is 1.61. The standard InChI is InChI=1S/C21H18F3NO5/c1-13-18(9-10-28-17-4-2-3-14(11-17)12-19(26)27)25-20(29-13)15-5-7-16(8-6-15)30-21(22,23)24/h2-8,11H,9-10,12H2,1H3,(H,26,27). The Hall–Kier alpha value is -3.49. The van der Waals surface area contributed by atoms with Crippen molar-refractivity contribution in [1.29, 1.82) is 0 Å². The molecule has 0 amide bonds. The van der Waals surface area contributed by atoms with Gasteiger partial charge in [-0.1, -0.05) is 12.1 Å².